The largest absolute Gasteiger partial charge is 0.481 e. The fourth-order valence-corrected chi connectivity index (χ4v) is 3.88. The van der Waals surface area contributed by atoms with Crippen LogP contribution in [0.3, 0.4) is 0 Å². The van der Waals surface area contributed by atoms with Gasteiger partial charge in [0.1, 0.15) is 16.5 Å². The van der Waals surface area contributed by atoms with Crippen molar-refractivity contribution in [1.29, 1.82) is 0 Å². The Morgan fingerprint density at radius 2 is 1.96 bits per heavy atom. The van der Waals surface area contributed by atoms with E-state index in [1.807, 2.05) is 56.3 Å². The molecule has 0 radical (unpaired) electrons. The summed E-state index contributed by atoms with van der Waals surface area (Å²) in [6.45, 7) is 6.09. The number of hydrogen-bond acceptors (Lipinski definition) is 5. The summed E-state index contributed by atoms with van der Waals surface area (Å²) < 4.78 is 5.84. The van der Waals surface area contributed by atoms with Gasteiger partial charge in [-0.05, 0) is 25.1 Å². The molecule has 0 atom stereocenters. The van der Waals surface area contributed by atoms with Gasteiger partial charge in [-0.1, -0.05) is 50.3 Å². The molecule has 3 rings (SSSR count). The third kappa shape index (κ3) is 6.69. The van der Waals surface area contributed by atoms with Gasteiger partial charge in [-0.2, -0.15) is 0 Å². The highest BCUT2D eigenvalue weighted by atomic mass is 32.2. The first-order valence-electron chi connectivity index (χ1n) is 9.18. The fraction of sp³-hybridized carbons (Fsp3) is 0.273. The number of thiazole rings is 1. The summed E-state index contributed by atoms with van der Waals surface area (Å²) in [7, 11) is 0. The second kappa shape index (κ2) is 11.5. The van der Waals surface area contributed by atoms with Crippen molar-refractivity contribution in [3.8, 4) is 10.6 Å². The van der Waals surface area contributed by atoms with Gasteiger partial charge in [0.05, 0.1) is 11.4 Å². The number of carboxylic acids is 1. The molecular weight excluding hydrogens is 390 g/mol. The molecular formula is C22H25NO3S2. The van der Waals surface area contributed by atoms with Crippen molar-refractivity contribution in [2.24, 2.45) is 0 Å². The first kappa shape index (κ1) is 22.0. The average molecular weight is 416 g/mol. The van der Waals surface area contributed by atoms with Crippen molar-refractivity contribution >= 4 is 35.1 Å². The zero-order valence-corrected chi connectivity index (χ0v) is 18.0. The maximum absolute atomic E-state index is 10.5. The predicted octanol–water partition coefficient (Wildman–Crippen LogP) is 6.16. The summed E-state index contributed by atoms with van der Waals surface area (Å²) in [5.74, 6) is 1.61. The van der Waals surface area contributed by atoms with Crippen molar-refractivity contribution in [2.75, 3.05) is 11.5 Å². The van der Waals surface area contributed by atoms with Gasteiger partial charge in [0.15, 0.2) is 0 Å². The van der Waals surface area contributed by atoms with E-state index >= 15 is 0 Å². The molecule has 0 aliphatic heterocycles. The Hall–Kier alpha value is -2.31. The SMILES string of the molecule is CC.Cc1sc(-c2ccccc2)nc1Cc1ccc(/C=C/CSCC(=O)O)o1. The van der Waals surface area contributed by atoms with Gasteiger partial charge in [0, 0.05) is 22.6 Å². The highest BCUT2D eigenvalue weighted by molar-refractivity contribution is 8.00. The third-order valence-electron chi connectivity index (χ3n) is 3.66. The molecule has 0 amide bonds. The number of nitrogens with zero attached hydrogens (tertiary/aromatic N) is 1. The van der Waals surface area contributed by atoms with Crippen LogP contribution in [0.15, 0.2) is 53.0 Å². The number of aryl methyl sites for hydroxylation is 1. The van der Waals surface area contributed by atoms with Crippen LogP contribution in [0.25, 0.3) is 16.6 Å². The van der Waals surface area contributed by atoms with Crippen molar-refractivity contribution in [2.45, 2.75) is 27.2 Å². The van der Waals surface area contributed by atoms with Crippen LogP contribution in [0, 0.1) is 6.92 Å². The lowest BCUT2D eigenvalue weighted by molar-refractivity contribution is -0.133. The second-order valence-corrected chi connectivity index (χ2v) is 7.91. The molecule has 28 heavy (non-hydrogen) atoms. The van der Waals surface area contributed by atoms with E-state index in [0.29, 0.717) is 12.2 Å². The van der Waals surface area contributed by atoms with E-state index in [4.69, 9.17) is 14.5 Å². The molecule has 3 aromatic rings. The van der Waals surface area contributed by atoms with Gasteiger partial charge in [0.2, 0.25) is 0 Å². The first-order valence-corrected chi connectivity index (χ1v) is 11.2. The topological polar surface area (TPSA) is 63.3 Å². The molecule has 148 valence electrons. The Kier molecular flexibility index (Phi) is 9.04. The van der Waals surface area contributed by atoms with Crippen LogP contribution in [0.2, 0.25) is 0 Å². The highest BCUT2D eigenvalue weighted by Crippen LogP contribution is 2.29. The van der Waals surface area contributed by atoms with Gasteiger partial charge < -0.3 is 9.52 Å². The maximum atomic E-state index is 10.5. The molecule has 4 nitrogen and oxygen atoms in total. The molecule has 0 aliphatic rings. The Bertz CT molecular complexity index is 898. The van der Waals surface area contributed by atoms with E-state index in [1.165, 1.54) is 16.6 Å². The monoisotopic (exact) mass is 415 g/mol. The quantitative estimate of drug-likeness (QED) is 0.446. The Labute approximate surface area is 174 Å². The molecule has 0 spiro atoms. The normalized spacial score (nSPS) is 10.7. The zero-order valence-electron chi connectivity index (χ0n) is 16.3. The number of benzene rings is 1. The lowest BCUT2D eigenvalue weighted by Crippen LogP contribution is -1.97. The summed E-state index contributed by atoms with van der Waals surface area (Å²) in [6.07, 6.45) is 4.45. The third-order valence-corrected chi connectivity index (χ3v) is 5.60. The molecule has 6 heteroatoms. The van der Waals surface area contributed by atoms with Crippen LogP contribution in [-0.2, 0) is 11.2 Å². The smallest absolute Gasteiger partial charge is 0.313 e. The number of carboxylic acid groups (broad SMARTS) is 1. The molecule has 0 bridgehead atoms. The lowest BCUT2D eigenvalue weighted by Gasteiger charge is -1.96. The molecule has 1 N–H and O–H groups in total. The van der Waals surface area contributed by atoms with E-state index in [2.05, 4.69) is 19.1 Å². The summed E-state index contributed by atoms with van der Waals surface area (Å²) in [5, 5.41) is 9.63. The van der Waals surface area contributed by atoms with Crippen molar-refractivity contribution in [1.82, 2.24) is 4.98 Å². The number of furan rings is 1. The van der Waals surface area contributed by atoms with Gasteiger partial charge in [-0.3, -0.25) is 4.79 Å². The van der Waals surface area contributed by atoms with Crippen molar-refractivity contribution < 1.29 is 14.3 Å². The van der Waals surface area contributed by atoms with Crippen LogP contribution in [0.5, 0.6) is 0 Å². The van der Waals surface area contributed by atoms with E-state index in [9.17, 15) is 4.79 Å². The predicted molar refractivity (Wildman–Crippen MR) is 119 cm³/mol. The number of aromatic nitrogens is 1. The van der Waals surface area contributed by atoms with Gasteiger partial charge in [-0.25, -0.2) is 4.98 Å². The molecule has 0 saturated heterocycles. The van der Waals surface area contributed by atoms with Crippen molar-refractivity contribution in [3.63, 3.8) is 0 Å². The minimum Gasteiger partial charge on any atom is -0.481 e. The Balaban J connectivity index is 0.00000136. The summed E-state index contributed by atoms with van der Waals surface area (Å²) in [4.78, 5) is 16.4. The van der Waals surface area contributed by atoms with Gasteiger partial charge in [0.25, 0.3) is 0 Å². The highest BCUT2D eigenvalue weighted by Gasteiger charge is 2.11. The average Bonchev–Trinajstić information content (AvgIpc) is 3.30. The molecule has 0 aliphatic carbocycles. The van der Waals surface area contributed by atoms with Crippen molar-refractivity contribution in [3.05, 3.63) is 70.6 Å². The first-order chi connectivity index (χ1) is 13.6. The standard InChI is InChI=1S/C20H19NO3S2.C2H6/c1-14-18(21-20(26-14)15-6-3-2-4-7-15)12-17-10-9-16(24-17)8-5-11-25-13-19(22)23;1-2/h2-10H,11-13H2,1H3,(H,22,23);1-2H3/b8-5+;. The maximum Gasteiger partial charge on any atom is 0.313 e. The van der Waals surface area contributed by atoms with Crippen LogP contribution >= 0.6 is 23.1 Å². The van der Waals surface area contributed by atoms with Crippen LogP contribution < -0.4 is 0 Å². The Morgan fingerprint density at radius 1 is 1.21 bits per heavy atom. The molecule has 0 fully saturated rings. The van der Waals surface area contributed by atoms with Crippen LogP contribution in [0.1, 0.15) is 35.9 Å². The van der Waals surface area contributed by atoms with E-state index in [1.54, 1.807) is 11.3 Å². The molecule has 1 aromatic carbocycles. The van der Waals surface area contributed by atoms with Crippen LogP contribution in [-0.4, -0.2) is 27.6 Å². The van der Waals surface area contributed by atoms with E-state index < -0.39 is 5.97 Å². The summed E-state index contributed by atoms with van der Waals surface area (Å²) in [6, 6.07) is 14.1. The van der Waals surface area contributed by atoms with E-state index in [0.717, 1.165) is 27.8 Å². The lowest BCUT2D eigenvalue weighted by atomic mass is 10.2. The van der Waals surface area contributed by atoms with Gasteiger partial charge in [-0.15, -0.1) is 23.1 Å². The number of aliphatic carboxylic acids is 1. The number of thioether (sulfide) groups is 1. The molecule has 2 heterocycles. The number of carbonyl (C=O) groups is 1. The van der Waals surface area contributed by atoms with Crippen LogP contribution in [0.4, 0.5) is 0 Å². The summed E-state index contributed by atoms with van der Waals surface area (Å²) >= 11 is 3.05. The molecule has 0 saturated carbocycles. The molecule has 2 aromatic heterocycles. The summed E-state index contributed by atoms with van der Waals surface area (Å²) in [5.41, 5.74) is 2.17. The van der Waals surface area contributed by atoms with E-state index in [-0.39, 0.29) is 5.75 Å². The number of hydrogen-bond donors (Lipinski definition) is 1. The Morgan fingerprint density at radius 3 is 2.68 bits per heavy atom. The van der Waals surface area contributed by atoms with Gasteiger partial charge >= 0.3 is 5.97 Å². The fourth-order valence-electron chi connectivity index (χ4n) is 2.42. The zero-order chi connectivity index (χ0) is 20.4. The number of rotatable bonds is 8. The molecule has 0 unspecified atom stereocenters. The minimum absolute atomic E-state index is 0.112. The second-order valence-electron chi connectivity index (χ2n) is 5.68. The minimum atomic E-state index is -0.794.